The lowest BCUT2D eigenvalue weighted by atomic mass is 10.1. The zero-order valence-corrected chi connectivity index (χ0v) is 9.51. The van der Waals surface area contributed by atoms with Crippen molar-refractivity contribution >= 4 is 16.8 Å². The fourth-order valence-electron chi connectivity index (χ4n) is 1.76. The van der Waals surface area contributed by atoms with E-state index in [9.17, 15) is 10.0 Å². The molecule has 0 unspecified atom stereocenters. The Balaban J connectivity index is 2.87. The van der Waals surface area contributed by atoms with Crippen molar-refractivity contribution in [2.75, 3.05) is 7.11 Å². The van der Waals surface area contributed by atoms with Gasteiger partial charge < -0.3 is 15.7 Å². The third kappa shape index (κ3) is 1.58. The van der Waals surface area contributed by atoms with Crippen LogP contribution in [-0.2, 0) is 0 Å². The smallest absolute Gasteiger partial charge is 0.314 e. The molecule has 0 aliphatic carbocycles. The molecule has 1 amide bonds. The number of nitriles is 1. The van der Waals surface area contributed by atoms with Crippen LogP contribution in [0.4, 0.5) is 0 Å². The summed E-state index contributed by atoms with van der Waals surface area (Å²) in [6.07, 6.45) is 0. The summed E-state index contributed by atoms with van der Waals surface area (Å²) < 4.78 is 5.45. The van der Waals surface area contributed by atoms with E-state index in [1.807, 2.05) is 6.07 Å². The second kappa shape index (κ2) is 4.22. The van der Waals surface area contributed by atoms with Crippen molar-refractivity contribution in [3.05, 3.63) is 40.7 Å². The van der Waals surface area contributed by atoms with Gasteiger partial charge in [-0.05, 0) is 12.1 Å². The number of nitrogens with zero attached hydrogens (tertiary/aromatic N) is 2. The summed E-state index contributed by atoms with van der Waals surface area (Å²) in [4.78, 5) is 11.1. The lowest BCUT2D eigenvalue weighted by Gasteiger charge is -2.08. The van der Waals surface area contributed by atoms with Crippen molar-refractivity contribution in [1.82, 2.24) is 0 Å². The Morgan fingerprint density at radius 1 is 1.44 bits per heavy atom. The molecule has 6 nitrogen and oxygen atoms in total. The Kier molecular flexibility index (Phi) is 2.73. The molecule has 1 heterocycles. The molecule has 1 aromatic heterocycles. The number of primary amides is 1. The summed E-state index contributed by atoms with van der Waals surface area (Å²) in [5, 5.41) is 21.4. The fraction of sp³-hybridized carbons (Fsp3) is 0.0833. The van der Waals surface area contributed by atoms with Gasteiger partial charge in [0, 0.05) is 12.1 Å². The van der Waals surface area contributed by atoms with Crippen molar-refractivity contribution in [3.63, 3.8) is 0 Å². The monoisotopic (exact) mass is 243 g/mol. The first-order chi connectivity index (χ1) is 8.60. The first-order valence-corrected chi connectivity index (χ1v) is 5.03. The number of carbonyl (C=O) groups excluding carboxylic acids is 1. The van der Waals surface area contributed by atoms with Crippen LogP contribution >= 0.6 is 0 Å². The van der Waals surface area contributed by atoms with Gasteiger partial charge in [-0.1, -0.05) is 0 Å². The Hall–Kier alpha value is -2.81. The number of rotatable bonds is 2. The quantitative estimate of drug-likeness (QED) is 0.610. The van der Waals surface area contributed by atoms with Gasteiger partial charge >= 0.3 is 5.91 Å². The van der Waals surface area contributed by atoms with Crippen LogP contribution in [0.3, 0.4) is 0 Å². The molecule has 6 heteroatoms. The molecule has 0 saturated heterocycles. The second-order valence-corrected chi connectivity index (χ2v) is 3.56. The number of ether oxygens (including phenoxy) is 1. The average molecular weight is 243 g/mol. The predicted octanol–water partition coefficient (Wildman–Crippen LogP) is 0.452. The van der Waals surface area contributed by atoms with Crippen LogP contribution in [0.15, 0.2) is 24.3 Å². The van der Waals surface area contributed by atoms with Crippen molar-refractivity contribution < 1.29 is 14.3 Å². The molecule has 1 aromatic carbocycles. The highest BCUT2D eigenvalue weighted by Crippen LogP contribution is 2.25. The summed E-state index contributed by atoms with van der Waals surface area (Å²) in [6, 6.07) is 7.75. The van der Waals surface area contributed by atoms with Crippen LogP contribution in [0.5, 0.6) is 5.75 Å². The van der Waals surface area contributed by atoms with Crippen LogP contribution in [0, 0.1) is 16.5 Å². The van der Waals surface area contributed by atoms with Gasteiger partial charge in [0.15, 0.2) is 0 Å². The Labute approximate surface area is 102 Å². The molecule has 2 rings (SSSR count). The van der Waals surface area contributed by atoms with E-state index in [1.165, 1.54) is 31.4 Å². The highest BCUT2D eigenvalue weighted by molar-refractivity contribution is 5.92. The van der Waals surface area contributed by atoms with Crippen LogP contribution in [0.25, 0.3) is 10.9 Å². The van der Waals surface area contributed by atoms with Gasteiger partial charge in [-0.2, -0.15) is 9.99 Å². The summed E-state index contributed by atoms with van der Waals surface area (Å²) in [7, 11) is 1.44. The zero-order chi connectivity index (χ0) is 13.3. The van der Waals surface area contributed by atoms with Crippen LogP contribution in [0.1, 0.15) is 16.1 Å². The van der Waals surface area contributed by atoms with Gasteiger partial charge in [-0.25, -0.2) is 0 Å². The van der Waals surface area contributed by atoms with E-state index >= 15 is 0 Å². The number of hydrogen-bond donors (Lipinski definition) is 1. The summed E-state index contributed by atoms with van der Waals surface area (Å²) in [6.45, 7) is 0. The van der Waals surface area contributed by atoms with Gasteiger partial charge in [-0.3, -0.25) is 4.79 Å². The third-order valence-corrected chi connectivity index (χ3v) is 2.61. The number of pyridine rings is 1. The van der Waals surface area contributed by atoms with Gasteiger partial charge in [0.05, 0.1) is 12.5 Å². The van der Waals surface area contributed by atoms with Crippen molar-refractivity contribution in [3.8, 4) is 11.8 Å². The van der Waals surface area contributed by atoms with E-state index < -0.39 is 5.91 Å². The number of aromatic nitrogens is 1. The summed E-state index contributed by atoms with van der Waals surface area (Å²) >= 11 is 0. The molecule has 0 saturated carbocycles. The van der Waals surface area contributed by atoms with Crippen molar-refractivity contribution in [2.45, 2.75) is 0 Å². The minimum Gasteiger partial charge on any atom is -0.618 e. The minimum atomic E-state index is -0.818. The highest BCUT2D eigenvalue weighted by Gasteiger charge is 2.19. The maximum atomic E-state index is 11.9. The molecule has 0 spiro atoms. The van der Waals surface area contributed by atoms with E-state index in [-0.39, 0.29) is 16.8 Å². The SMILES string of the molecule is COc1ccc2c(ccc(C(N)=O)[n+]2[O-])c1C#N. The molecule has 0 aliphatic rings. The van der Waals surface area contributed by atoms with E-state index in [4.69, 9.17) is 15.7 Å². The molecule has 18 heavy (non-hydrogen) atoms. The number of methoxy groups -OCH3 is 1. The normalized spacial score (nSPS) is 10.0. The number of carbonyl (C=O) groups is 1. The van der Waals surface area contributed by atoms with E-state index in [0.717, 1.165) is 0 Å². The van der Waals surface area contributed by atoms with Gasteiger partial charge in [0.25, 0.3) is 5.69 Å². The Bertz CT molecular complexity index is 689. The zero-order valence-electron chi connectivity index (χ0n) is 9.51. The van der Waals surface area contributed by atoms with E-state index in [1.54, 1.807) is 0 Å². The van der Waals surface area contributed by atoms with Crippen LogP contribution in [0.2, 0.25) is 0 Å². The molecule has 2 aromatic rings. The third-order valence-electron chi connectivity index (χ3n) is 2.61. The van der Waals surface area contributed by atoms with Gasteiger partial charge in [0.2, 0.25) is 5.52 Å². The number of nitrogens with two attached hydrogens (primary N) is 1. The fourth-order valence-corrected chi connectivity index (χ4v) is 1.76. The van der Waals surface area contributed by atoms with E-state index in [2.05, 4.69) is 0 Å². The molecule has 0 radical (unpaired) electrons. The first kappa shape index (κ1) is 11.7. The number of benzene rings is 1. The second-order valence-electron chi connectivity index (χ2n) is 3.56. The summed E-state index contributed by atoms with van der Waals surface area (Å²) in [5.74, 6) is -0.446. The standard InChI is InChI=1S/C12H9N3O3/c1-18-11-5-4-9-7(8(11)6-13)2-3-10(12(14)16)15(9)17/h2-5H,1H3,(H2,14,16). The van der Waals surface area contributed by atoms with Crippen LogP contribution < -0.4 is 15.2 Å². The predicted molar refractivity (Wildman–Crippen MR) is 62.7 cm³/mol. The maximum Gasteiger partial charge on any atom is 0.314 e. The molecule has 2 N–H and O–H groups in total. The number of hydrogen-bond acceptors (Lipinski definition) is 4. The van der Waals surface area contributed by atoms with Gasteiger partial charge in [0.1, 0.15) is 17.4 Å². The molecule has 0 bridgehead atoms. The molecule has 0 aliphatic heterocycles. The highest BCUT2D eigenvalue weighted by atomic mass is 16.5. The van der Waals surface area contributed by atoms with Crippen molar-refractivity contribution in [2.24, 2.45) is 5.73 Å². The maximum absolute atomic E-state index is 11.9. The van der Waals surface area contributed by atoms with E-state index in [0.29, 0.717) is 15.9 Å². The minimum absolute atomic E-state index is 0.170. The lowest BCUT2D eigenvalue weighted by molar-refractivity contribution is -0.579. The largest absolute Gasteiger partial charge is 0.618 e. The summed E-state index contributed by atoms with van der Waals surface area (Å²) in [5.41, 5.74) is 5.36. The number of amides is 1. The molecular formula is C12H9N3O3. The molecule has 0 fully saturated rings. The Morgan fingerprint density at radius 3 is 2.72 bits per heavy atom. The van der Waals surface area contributed by atoms with Crippen molar-refractivity contribution in [1.29, 1.82) is 5.26 Å². The first-order valence-electron chi connectivity index (χ1n) is 5.03. The molecule has 0 atom stereocenters. The average Bonchev–Trinajstić information content (AvgIpc) is 2.37. The molecular weight excluding hydrogens is 234 g/mol. The number of fused-ring (bicyclic) bond motifs is 1. The lowest BCUT2D eigenvalue weighted by Crippen LogP contribution is -2.38. The van der Waals surface area contributed by atoms with Crippen LogP contribution in [-0.4, -0.2) is 13.0 Å². The van der Waals surface area contributed by atoms with Gasteiger partial charge in [-0.15, -0.1) is 0 Å². The Morgan fingerprint density at radius 2 is 2.17 bits per heavy atom. The molecule has 90 valence electrons. The topological polar surface area (TPSA) is 103 Å².